The molecule has 1 aliphatic carbocycles. The van der Waals surface area contributed by atoms with E-state index in [-0.39, 0.29) is 40.6 Å². The van der Waals surface area contributed by atoms with E-state index in [1.807, 2.05) is 0 Å². The van der Waals surface area contributed by atoms with Gasteiger partial charge in [-0.3, -0.25) is 9.59 Å². The molecule has 7 nitrogen and oxygen atoms in total. The van der Waals surface area contributed by atoms with Crippen molar-refractivity contribution in [2.75, 3.05) is 11.9 Å². The molecule has 2 aromatic heterocycles. The number of halogens is 1. The second-order valence-electron chi connectivity index (χ2n) is 6.35. The minimum absolute atomic E-state index is 0.0580. The van der Waals surface area contributed by atoms with Crippen LogP contribution in [0.5, 0.6) is 0 Å². The van der Waals surface area contributed by atoms with Gasteiger partial charge in [0.25, 0.3) is 5.56 Å². The number of fused-ring (bicyclic) bond motifs is 1. The van der Waals surface area contributed by atoms with Gasteiger partial charge in [-0.25, -0.2) is 9.18 Å². The lowest BCUT2D eigenvalue weighted by Crippen LogP contribution is -2.26. The first kappa shape index (κ1) is 18.3. The van der Waals surface area contributed by atoms with E-state index in [1.165, 1.54) is 18.2 Å². The zero-order chi connectivity index (χ0) is 19.8. The normalized spacial score (nSPS) is 13.5. The Labute approximate surface area is 162 Å². The fraction of sp³-hybridized carbons (Fsp3) is 0.263. The number of rotatable bonds is 5. The molecule has 1 fully saturated rings. The molecule has 2 heterocycles. The van der Waals surface area contributed by atoms with E-state index in [4.69, 9.17) is 4.74 Å². The van der Waals surface area contributed by atoms with Crippen LogP contribution in [-0.2, 0) is 9.53 Å². The van der Waals surface area contributed by atoms with Crippen molar-refractivity contribution >= 4 is 39.0 Å². The standard InChI is InChI=1S/C19H16FN3O4S/c1-2-27-19(26)15-11-9-28-17(21-16(24)10-7-8-10)14(11)18(25)23(22-15)13-6-4-3-5-12(13)20/h3-6,9-10H,2,7-8H2,1H3,(H,21,24). The summed E-state index contributed by atoms with van der Waals surface area (Å²) in [5.41, 5.74) is -0.825. The van der Waals surface area contributed by atoms with Crippen molar-refractivity contribution in [3.05, 3.63) is 51.5 Å². The van der Waals surface area contributed by atoms with E-state index < -0.39 is 17.3 Å². The average Bonchev–Trinajstić information content (AvgIpc) is 3.45. The molecule has 0 unspecified atom stereocenters. The lowest BCUT2D eigenvalue weighted by molar-refractivity contribution is -0.117. The highest BCUT2D eigenvalue weighted by Gasteiger charge is 2.31. The third-order valence-corrected chi connectivity index (χ3v) is 5.28. The first-order chi connectivity index (χ1) is 13.5. The first-order valence-electron chi connectivity index (χ1n) is 8.78. The van der Waals surface area contributed by atoms with Crippen LogP contribution < -0.4 is 10.9 Å². The number of amides is 1. The van der Waals surface area contributed by atoms with Crippen molar-refractivity contribution in [2.24, 2.45) is 5.92 Å². The van der Waals surface area contributed by atoms with Crippen molar-refractivity contribution in [1.82, 2.24) is 9.78 Å². The van der Waals surface area contributed by atoms with Crippen LogP contribution in [0.2, 0.25) is 0 Å². The van der Waals surface area contributed by atoms with Crippen molar-refractivity contribution in [2.45, 2.75) is 19.8 Å². The number of para-hydroxylation sites is 1. The number of carbonyl (C=O) groups excluding carboxylic acids is 2. The van der Waals surface area contributed by atoms with Crippen molar-refractivity contribution in [3.8, 4) is 5.69 Å². The van der Waals surface area contributed by atoms with Gasteiger partial charge in [0.2, 0.25) is 5.91 Å². The average molecular weight is 401 g/mol. The summed E-state index contributed by atoms with van der Waals surface area (Å²) in [7, 11) is 0. The monoisotopic (exact) mass is 401 g/mol. The number of anilines is 1. The Kier molecular flexibility index (Phi) is 4.68. The zero-order valence-corrected chi connectivity index (χ0v) is 15.7. The zero-order valence-electron chi connectivity index (χ0n) is 14.9. The molecule has 0 radical (unpaired) electrons. The lowest BCUT2D eigenvalue weighted by atomic mass is 10.2. The molecule has 28 heavy (non-hydrogen) atoms. The highest BCUT2D eigenvalue weighted by molar-refractivity contribution is 7.16. The Morgan fingerprint density at radius 3 is 2.79 bits per heavy atom. The summed E-state index contributed by atoms with van der Waals surface area (Å²) < 4.78 is 20.2. The van der Waals surface area contributed by atoms with Crippen LogP contribution in [-0.4, -0.2) is 28.3 Å². The summed E-state index contributed by atoms with van der Waals surface area (Å²) in [5, 5.41) is 9.10. The van der Waals surface area contributed by atoms with Crippen LogP contribution in [0.25, 0.3) is 16.5 Å². The smallest absolute Gasteiger partial charge is 0.359 e. The van der Waals surface area contributed by atoms with Gasteiger partial charge in [0.15, 0.2) is 5.69 Å². The summed E-state index contributed by atoms with van der Waals surface area (Å²) in [6.07, 6.45) is 1.62. The molecule has 0 spiro atoms. The highest BCUT2D eigenvalue weighted by atomic mass is 32.1. The molecule has 0 saturated heterocycles. The van der Waals surface area contributed by atoms with Crippen LogP contribution in [0.3, 0.4) is 0 Å². The molecule has 0 atom stereocenters. The van der Waals surface area contributed by atoms with E-state index in [9.17, 15) is 18.8 Å². The highest BCUT2D eigenvalue weighted by Crippen LogP contribution is 2.34. The Balaban J connectivity index is 1.95. The molecule has 1 aromatic carbocycles. The number of esters is 1. The first-order valence-corrected chi connectivity index (χ1v) is 9.66. The molecule has 1 amide bonds. The fourth-order valence-corrected chi connectivity index (χ4v) is 3.78. The van der Waals surface area contributed by atoms with Gasteiger partial charge in [0.05, 0.1) is 12.0 Å². The van der Waals surface area contributed by atoms with Crippen LogP contribution in [0.1, 0.15) is 30.3 Å². The van der Waals surface area contributed by atoms with E-state index in [1.54, 1.807) is 18.4 Å². The minimum Gasteiger partial charge on any atom is -0.461 e. The van der Waals surface area contributed by atoms with Crippen molar-refractivity contribution < 1.29 is 18.7 Å². The van der Waals surface area contributed by atoms with Crippen molar-refractivity contribution in [1.29, 1.82) is 0 Å². The number of carbonyl (C=O) groups is 2. The predicted molar refractivity (Wildman–Crippen MR) is 102 cm³/mol. The summed E-state index contributed by atoms with van der Waals surface area (Å²) in [6, 6.07) is 5.63. The van der Waals surface area contributed by atoms with Gasteiger partial charge in [0, 0.05) is 16.7 Å². The maximum atomic E-state index is 14.3. The lowest BCUT2D eigenvalue weighted by Gasteiger charge is -2.10. The van der Waals surface area contributed by atoms with Gasteiger partial charge < -0.3 is 10.1 Å². The molecule has 0 bridgehead atoms. The SMILES string of the molecule is CCOC(=O)c1nn(-c2ccccc2F)c(=O)c2c(NC(=O)C3CC3)scc12. The minimum atomic E-state index is -0.726. The molecule has 3 aromatic rings. The van der Waals surface area contributed by atoms with Crippen LogP contribution >= 0.6 is 11.3 Å². The molecule has 9 heteroatoms. The number of ether oxygens (including phenoxy) is 1. The topological polar surface area (TPSA) is 90.3 Å². The van der Waals surface area contributed by atoms with E-state index in [0.717, 1.165) is 28.9 Å². The Morgan fingerprint density at radius 2 is 2.11 bits per heavy atom. The Morgan fingerprint density at radius 1 is 1.36 bits per heavy atom. The van der Waals surface area contributed by atoms with Crippen LogP contribution in [0, 0.1) is 11.7 Å². The second-order valence-corrected chi connectivity index (χ2v) is 7.23. The Hall–Kier alpha value is -3.07. The molecule has 1 N–H and O–H groups in total. The van der Waals surface area contributed by atoms with Gasteiger partial charge in [-0.1, -0.05) is 12.1 Å². The molecular weight excluding hydrogens is 385 g/mol. The van der Waals surface area contributed by atoms with Gasteiger partial charge in [0.1, 0.15) is 16.5 Å². The number of benzene rings is 1. The molecule has 4 rings (SSSR count). The summed E-state index contributed by atoms with van der Waals surface area (Å²) in [6.45, 7) is 1.77. The predicted octanol–water partition coefficient (Wildman–Crippen LogP) is 3.11. The van der Waals surface area contributed by atoms with Crippen LogP contribution in [0.4, 0.5) is 9.39 Å². The maximum Gasteiger partial charge on any atom is 0.359 e. The number of hydrogen-bond donors (Lipinski definition) is 1. The number of nitrogens with one attached hydrogen (secondary N) is 1. The number of aromatic nitrogens is 2. The summed E-state index contributed by atoms with van der Waals surface area (Å²) >= 11 is 1.12. The van der Waals surface area contributed by atoms with Gasteiger partial charge in [-0.15, -0.1) is 11.3 Å². The maximum absolute atomic E-state index is 14.3. The third-order valence-electron chi connectivity index (χ3n) is 4.39. The van der Waals surface area contributed by atoms with E-state index >= 15 is 0 Å². The number of nitrogens with zero attached hydrogens (tertiary/aromatic N) is 2. The number of hydrogen-bond acceptors (Lipinski definition) is 6. The van der Waals surface area contributed by atoms with Crippen LogP contribution in [0.15, 0.2) is 34.4 Å². The summed E-state index contributed by atoms with van der Waals surface area (Å²) in [5.74, 6) is -1.62. The quantitative estimate of drug-likeness (QED) is 0.664. The second kappa shape index (κ2) is 7.16. The largest absolute Gasteiger partial charge is 0.461 e. The fourth-order valence-electron chi connectivity index (χ4n) is 2.84. The van der Waals surface area contributed by atoms with E-state index in [2.05, 4.69) is 10.4 Å². The van der Waals surface area contributed by atoms with Gasteiger partial charge in [-0.05, 0) is 31.9 Å². The molecule has 144 valence electrons. The van der Waals surface area contributed by atoms with Gasteiger partial charge >= 0.3 is 5.97 Å². The van der Waals surface area contributed by atoms with E-state index in [0.29, 0.717) is 5.00 Å². The van der Waals surface area contributed by atoms with Gasteiger partial charge in [-0.2, -0.15) is 9.78 Å². The molecular formula is C19H16FN3O4S. The number of thiophene rings is 1. The summed E-state index contributed by atoms with van der Waals surface area (Å²) in [4.78, 5) is 37.7. The molecule has 0 aliphatic heterocycles. The molecule has 1 saturated carbocycles. The Bertz CT molecular complexity index is 1150. The third kappa shape index (κ3) is 3.18. The van der Waals surface area contributed by atoms with Crippen molar-refractivity contribution in [3.63, 3.8) is 0 Å². The molecule has 1 aliphatic rings.